The predicted molar refractivity (Wildman–Crippen MR) is 103 cm³/mol. The standard InChI is InChI=1S/C19H24O6S2/c1-5-15(17-11-13(3)7-9-19(17)27(23,24)25)14(4)16-10-12(2)6-8-18(16)26(20,21)22/h6-11,14-15H,5H2,1-4H3,(H,20,21,22)(H,23,24,25). The van der Waals surface area contributed by atoms with E-state index in [1.165, 1.54) is 12.1 Å². The second-order valence-corrected chi connectivity index (χ2v) is 9.62. The van der Waals surface area contributed by atoms with Crippen LogP contribution < -0.4 is 0 Å². The van der Waals surface area contributed by atoms with E-state index in [1.807, 2.05) is 13.8 Å². The van der Waals surface area contributed by atoms with Crippen molar-refractivity contribution < 1.29 is 25.9 Å². The molecule has 2 N–H and O–H groups in total. The van der Waals surface area contributed by atoms with Crippen molar-refractivity contribution in [1.82, 2.24) is 0 Å². The van der Waals surface area contributed by atoms with Crippen LogP contribution in [0.15, 0.2) is 46.2 Å². The van der Waals surface area contributed by atoms with Gasteiger partial charge in [0.15, 0.2) is 0 Å². The second-order valence-electron chi connectivity index (χ2n) is 6.84. The molecule has 6 nitrogen and oxygen atoms in total. The normalized spacial score (nSPS) is 14.7. The van der Waals surface area contributed by atoms with Gasteiger partial charge >= 0.3 is 0 Å². The van der Waals surface area contributed by atoms with Gasteiger partial charge in [-0.2, -0.15) is 16.8 Å². The third-order valence-electron chi connectivity index (χ3n) is 4.82. The maximum absolute atomic E-state index is 11.8. The lowest BCUT2D eigenvalue weighted by atomic mass is 9.80. The molecule has 2 unspecified atom stereocenters. The molecule has 0 fully saturated rings. The highest BCUT2D eigenvalue weighted by atomic mass is 32.2. The highest BCUT2D eigenvalue weighted by molar-refractivity contribution is 7.86. The molecule has 0 aliphatic carbocycles. The van der Waals surface area contributed by atoms with Crippen molar-refractivity contribution in [1.29, 1.82) is 0 Å². The molecule has 2 atom stereocenters. The average molecular weight is 413 g/mol. The topological polar surface area (TPSA) is 109 Å². The van der Waals surface area contributed by atoms with Crippen LogP contribution >= 0.6 is 0 Å². The first-order chi connectivity index (χ1) is 12.4. The minimum absolute atomic E-state index is 0.187. The van der Waals surface area contributed by atoms with Crippen molar-refractivity contribution in [3.8, 4) is 0 Å². The van der Waals surface area contributed by atoms with Gasteiger partial charge in [-0.25, -0.2) is 0 Å². The van der Waals surface area contributed by atoms with Crippen LogP contribution in [0.2, 0.25) is 0 Å². The maximum Gasteiger partial charge on any atom is 0.294 e. The minimum Gasteiger partial charge on any atom is -0.282 e. The van der Waals surface area contributed by atoms with Crippen LogP contribution in [-0.2, 0) is 20.2 Å². The lowest BCUT2D eigenvalue weighted by Gasteiger charge is -2.27. The van der Waals surface area contributed by atoms with Gasteiger partial charge in [0.25, 0.3) is 20.2 Å². The number of rotatable bonds is 6. The van der Waals surface area contributed by atoms with E-state index in [4.69, 9.17) is 0 Å². The van der Waals surface area contributed by atoms with Crippen LogP contribution in [0.5, 0.6) is 0 Å². The second kappa shape index (κ2) is 7.71. The Morgan fingerprint density at radius 2 is 1.22 bits per heavy atom. The summed E-state index contributed by atoms with van der Waals surface area (Å²) in [7, 11) is -8.87. The summed E-state index contributed by atoms with van der Waals surface area (Å²) in [4.78, 5) is -0.382. The van der Waals surface area contributed by atoms with Gasteiger partial charge in [0.1, 0.15) is 0 Å². The van der Waals surface area contributed by atoms with Gasteiger partial charge in [-0.1, -0.05) is 49.2 Å². The van der Waals surface area contributed by atoms with E-state index in [0.29, 0.717) is 17.5 Å². The Bertz CT molecular complexity index is 1060. The Morgan fingerprint density at radius 1 is 0.815 bits per heavy atom. The molecule has 0 radical (unpaired) electrons. The van der Waals surface area contributed by atoms with Gasteiger partial charge < -0.3 is 0 Å². The fraction of sp³-hybridized carbons (Fsp3) is 0.368. The van der Waals surface area contributed by atoms with Crippen molar-refractivity contribution in [2.45, 2.75) is 55.7 Å². The first-order valence-electron chi connectivity index (χ1n) is 8.52. The summed E-state index contributed by atoms with van der Waals surface area (Å²) < 4.78 is 66.5. The molecule has 0 heterocycles. The predicted octanol–water partition coefficient (Wildman–Crippen LogP) is 4.09. The maximum atomic E-state index is 11.8. The van der Waals surface area contributed by atoms with Crippen LogP contribution in [0.3, 0.4) is 0 Å². The molecule has 148 valence electrons. The largest absolute Gasteiger partial charge is 0.294 e. The molecule has 0 aliphatic heterocycles. The van der Waals surface area contributed by atoms with E-state index >= 15 is 0 Å². The SMILES string of the molecule is CCC(c1cc(C)ccc1S(=O)(=O)O)C(C)c1cc(C)ccc1S(=O)(=O)O. The molecule has 0 bridgehead atoms. The third-order valence-corrected chi connectivity index (χ3v) is 6.68. The molecule has 2 aromatic rings. The smallest absolute Gasteiger partial charge is 0.282 e. The molecular formula is C19H24O6S2. The van der Waals surface area contributed by atoms with Crippen LogP contribution in [0, 0.1) is 13.8 Å². The summed E-state index contributed by atoms with van der Waals surface area (Å²) in [6.07, 6.45) is 0.506. The summed E-state index contributed by atoms with van der Waals surface area (Å²) in [5.74, 6) is -0.807. The Morgan fingerprint density at radius 3 is 1.63 bits per heavy atom. The Kier molecular flexibility index (Phi) is 6.16. The lowest BCUT2D eigenvalue weighted by molar-refractivity contribution is 0.470. The molecule has 2 rings (SSSR count). The van der Waals surface area contributed by atoms with Gasteiger partial charge in [-0.05, 0) is 55.4 Å². The quantitative estimate of drug-likeness (QED) is 0.692. The summed E-state index contributed by atoms with van der Waals surface area (Å²) in [5, 5.41) is 0. The summed E-state index contributed by atoms with van der Waals surface area (Å²) in [5.41, 5.74) is 2.48. The van der Waals surface area contributed by atoms with Crippen molar-refractivity contribution in [3.05, 3.63) is 58.7 Å². The molecule has 0 aromatic heterocycles. The van der Waals surface area contributed by atoms with E-state index in [-0.39, 0.29) is 15.7 Å². The Hall–Kier alpha value is -1.74. The Labute approximate surface area is 160 Å². The first kappa shape index (κ1) is 21.6. The molecule has 0 amide bonds. The molecule has 8 heteroatoms. The van der Waals surface area contributed by atoms with Gasteiger partial charge in [0.05, 0.1) is 9.79 Å². The molecule has 0 saturated carbocycles. The molecular weight excluding hydrogens is 388 g/mol. The number of benzene rings is 2. The third kappa shape index (κ3) is 4.76. The van der Waals surface area contributed by atoms with Gasteiger partial charge in [0, 0.05) is 0 Å². The van der Waals surface area contributed by atoms with Crippen molar-refractivity contribution in [2.24, 2.45) is 0 Å². The minimum atomic E-state index is -4.44. The molecule has 0 aliphatic rings. The molecule has 2 aromatic carbocycles. The van der Waals surface area contributed by atoms with Crippen LogP contribution in [-0.4, -0.2) is 25.9 Å². The zero-order chi connectivity index (χ0) is 20.6. The number of hydrogen-bond donors (Lipinski definition) is 2. The van der Waals surface area contributed by atoms with Crippen LogP contribution in [0.4, 0.5) is 0 Å². The first-order valence-corrected chi connectivity index (χ1v) is 11.4. The van der Waals surface area contributed by atoms with E-state index in [0.717, 1.165) is 11.1 Å². The van der Waals surface area contributed by atoms with E-state index in [9.17, 15) is 25.9 Å². The average Bonchev–Trinajstić information content (AvgIpc) is 2.53. The monoisotopic (exact) mass is 412 g/mol. The van der Waals surface area contributed by atoms with Crippen molar-refractivity contribution in [3.63, 3.8) is 0 Å². The summed E-state index contributed by atoms with van der Waals surface area (Å²) in [6, 6.07) is 9.27. The Balaban J connectivity index is 2.71. The molecule has 27 heavy (non-hydrogen) atoms. The number of aryl methyl sites for hydroxylation is 2. The molecule has 0 spiro atoms. The van der Waals surface area contributed by atoms with E-state index < -0.39 is 26.2 Å². The van der Waals surface area contributed by atoms with Gasteiger partial charge in [0.2, 0.25) is 0 Å². The fourth-order valence-corrected chi connectivity index (χ4v) is 5.04. The highest BCUT2D eigenvalue weighted by Gasteiger charge is 2.29. The lowest BCUT2D eigenvalue weighted by Crippen LogP contribution is -2.15. The fourth-order valence-electron chi connectivity index (χ4n) is 3.51. The van der Waals surface area contributed by atoms with Gasteiger partial charge in [-0.3, -0.25) is 9.11 Å². The van der Waals surface area contributed by atoms with Gasteiger partial charge in [-0.15, -0.1) is 0 Å². The summed E-state index contributed by atoms with van der Waals surface area (Å²) >= 11 is 0. The summed E-state index contributed by atoms with van der Waals surface area (Å²) in [6.45, 7) is 7.26. The zero-order valence-corrected chi connectivity index (χ0v) is 17.3. The van der Waals surface area contributed by atoms with Crippen LogP contribution in [0.1, 0.15) is 54.4 Å². The molecule has 0 saturated heterocycles. The highest BCUT2D eigenvalue weighted by Crippen LogP contribution is 2.40. The van der Waals surface area contributed by atoms with Crippen molar-refractivity contribution in [2.75, 3.05) is 0 Å². The van der Waals surface area contributed by atoms with Crippen molar-refractivity contribution >= 4 is 20.2 Å². The van der Waals surface area contributed by atoms with Crippen LogP contribution in [0.25, 0.3) is 0 Å². The van der Waals surface area contributed by atoms with E-state index in [2.05, 4.69) is 0 Å². The van der Waals surface area contributed by atoms with E-state index in [1.54, 1.807) is 38.1 Å². The zero-order valence-electron chi connectivity index (χ0n) is 15.7. The number of hydrogen-bond acceptors (Lipinski definition) is 4.